The maximum absolute atomic E-state index is 11.1. The summed E-state index contributed by atoms with van der Waals surface area (Å²) in [5.41, 5.74) is 8.45. The smallest absolute Gasteiger partial charge is 0.150 e. The Balaban J connectivity index is 1.42. The molecule has 1 aliphatic rings. The van der Waals surface area contributed by atoms with Gasteiger partial charge in [0.25, 0.3) is 0 Å². The van der Waals surface area contributed by atoms with Crippen molar-refractivity contribution in [2.24, 2.45) is 5.18 Å². The van der Waals surface area contributed by atoms with Gasteiger partial charge in [-0.3, -0.25) is 4.98 Å². The number of nitrogens with zero attached hydrogens (tertiary/aromatic N) is 3. The summed E-state index contributed by atoms with van der Waals surface area (Å²) < 4.78 is 0. The second-order valence-corrected chi connectivity index (χ2v) is 8.90. The number of hydrogen-bond acceptors (Lipinski definition) is 5. The SMILES string of the molecule is O=Nc1ccc(-c2ccc3ncc4c(c3c2)N(c2ccc(Cc3ccccc3)cc2)C(O)C=C4)cc1. The van der Waals surface area contributed by atoms with Crippen molar-refractivity contribution in [3.8, 4) is 11.1 Å². The van der Waals surface area contributed by atoms with E-state index >= 15 is 0 Å². The largest absolute Gasteiger partial charge is 0.370 e. The van der Waals surface area contributed by atoms with E-state index in [1.165, 1.54) is 11.1 Å². The monoisotopic (exact) mass is 469 g/mol. The highest BCUT2D eigenvalue weighted by atomic mass is 16.3. The summed E-state index contributed by atoms with van der Waals surface area (Å²) in [7, 11) is 0. The number of aromatic nitrogens is 1. The molecule has 0 fully saturated rings. The summed E-state index contributed by atoms with van der Waals surface area (Å²) in [6.45, 7) is 0. The van der Waals surface area contributed by atoms with Gasteiger partial charge in [0.2, 0.25) is 0 Å². The molecule has 1 aliphatic heterocycles. The molecule has 0 aliphatic carbocycles. The van der Waals surface area contributed by atoms with E-state index in [1.54, 1.807) is 18.2 Å². The molecule has 0 amide bonds. The highest BCUT2D eigenvalue weighted by molar-refractivity contribution is 6.01. The van der Waals surface area contributed by atoms with Gasteiger partial charge in [0.15, 0.2) is 6.23 Å². The molecule has 0 spiro atoms. The first kappa shape index (κ1) is 21.9. The Kier molecular flexibility index (Phi) is 5.60. The second-order valence-electron chi connectivity index (χ2n) is 8.90. The van der Waals surface area contributed by atoms with E-state index in [4.69, 9.17) is 0 Å². The van der Waals surface area contributed by atoms with Crippen molar-refractivity contribution in [2.45, 2.75) is 12.6 Å². The topological polar surface area (TPSA) is 65.8 Å². The number of aliphatic hydroxyl groups is 1. The molecular weight excluding hydrogens is 446 g/mol. The third-order valence-corrected chi connectivity index (χ3v) is 6.59. The van der Waals surface area contributed by atoms with Crippen LogP contribution in [-0.2, 0) is 6.42 Å². The fourth-order valence-corrected chi connectivity index (χ4v) is 4.78. The number of nitroso groups, excluding NO2 is 1. The van der Waals surface area contributed by atoms with Crippen LogP contribution in [0.4, 0.5) is 17.1 Å². The molecule has 1 unspecified atom stereocenters. The third kappa shape index (κ3) is 4.06. The van der Waals surface area contributed by atoms with Crippen LogP contribution in [0.15, 0.2) is 115 Å². The average Bonchev–Trinajstić information content (AvgIpc) is 2.94. The molecule has 174 valence electrons. The first-order valence-electron chi connectivity index (χ1n) is 11.8. The van der Waals surface area contributed by atoms with E-state index in [9.17, 15) is 10.0 Å². The first-order valence-corrected chi connectivity index (χ1v) is 11.8. The van der Waals surface area contributed by atoms with E-state index < -0.39 is 6.23 Å². The van der Waals surface area contributed by atoms with Gasteiger partial charge in [-0.05, 0) is 76.3 Å². The van der Waals surface area contributed by atoms with Crippen LogP contribution in [0, 0.1) is 4.91 Å². The fourth-order valence-electron chi connectivity index (χ4n) is 4.78. The lowest BCUT2D eigenvalue weighted by molar-refractivity contribution is 0.229. The molecule has 0 radical (unpaired) electrons. The number of rotatable bonds is 5. The minimum atomic E-state index is -0.801. The van der Waals surface area contributed by atoms with Crippen LogP contribution in [0.25, 0.3) is 28.1 Å². The summed E-state index contributed by atoms with van der Waals surface area (Å²) in [6.07, 6.45) is 5.60. The molecule has 1 atom stereocenters. The number of aliphatic hydroxyl groups excluding tert-OH is 1. The quantitative estimate of drug-likeness (QED) is 0.273. The maximum Gasteiger partial charge on any atom is 0.150 e. The Morgan fingerprint density at radius 1 is 0.833 bits per heavy atom. The van der Waals surface area contributed by atoms with Crippen LogP contribution in [0.3, 0.4) is 0 Å². The lowest BCUT2D eigenvalue weighted by Gasteiger charge is -2.33. The molecule has 5 heteroatoms. The average molecular weight is 470 g/mol. The highest BCUT2D eigenvalue weighted by Crippen LogP contribution is 2.41. The number of hydrogen-bond donors (Lipinski definition) is 1. The molecule has 1 N–H and O–H groups in total. The van der Waals surface area contributed by atoms with Crippen LogP contribution in [0.5, 0.6) is 0 Å². The van der Waals surface area contributed by atoms with Gasteiger partial charge in [0.05, 0.1) is 11.2 Å². The van der Waals surface area contributed by atoms with Crippen molar-refractivity contribution in [2.75, 3.05) is 4.90 Å². The maximum atomic E-state index is 11.1. The second kappa shape index (κ2) is 9.21. The molecule has 0 saturated heterocycles. The lowest BCUT2D eigenvalue weighted by atomic mass is 9.98. The Morgan fingerprint density at radius 3 is 2.31 bits per heavy atom. The van der Waals surface area contributed by atoms with Crippen molar-refractivity contribution in [1.82, 2.24) is 4.98 Å². The molecule has 5 nitrogen and oxygen atoms in total. The van der Waals surface area contributed by atoms with Gasteiger partial charge < -0.3 is 10.0 Å². The standard InChI is InChI=1S/C31H23N3O2/c35-30-17-11-25-20-32-29-16-10-24(23-8-12-26(33-36)13-9-23)19-28(29)31(25)34(30)27-14-6-22(7-15-27)18-21-4-2-1-3-5-21/h1-17,19-20,30,35H,18H2. The van der Waals surface area contributed by atoms with Crippen LogP contribution < -0.4 is 4.90 Å². The van der Waals surface area contributed by atoms with E-state index in [0.717, 1.165) is 45.4 Å². The normalized spacial score (nSPS) is 14.6. The predicted molar refractivity (Wildman–Crippen MR) is 146 cm³/mol. The molecule has 1 aromatic heterocycles. The Morgan fingerprint density at radius 2 is 1.56 bits per heavy atom. The number of fused-ring (bicyclic) bond motifs is 3. The van der Waals surface area contributed by atoms with Crippen LogP contribution in [0.2, 0.25) is 0 Å². The van der Waals surface area contributed by atoms with E-state index in [2.05, 4.69) is 64.8 Å². The molecule has 2 heterocycles. The molecule has 36 heavy (non-hydrogen) atoms. The fraction of sp³-hybridized carbons (Fsp3) is 0.0645. The molecular formula is C31H23N3O2. The van der Waals surface area contributed by atoms with Crippen LogP contribution in [0.1, 0.15) is 16.7 Å². The first-order chi connectivity index (χ1) is 17.7. The molecule has 4 aromatic carbocycles. The van der Waals surface area contributed by atoms with Gasteiger partial charge in [-0.2, -0.15) is 0 Å². The summed E-state index contributed by atoms with van der Waals surface area (Å²) in [5.74, 6) is 0. The van der Waals surface area contributed by atoms with Gasteiger partial charge in [-0.25, -0.2) is 0 Å². The van der Waals surface area contributed by atoms with Gasteiger partial charge in [-0.1, -0.05) is 66.7 Å². The third-order valence-electron chi connectivity index (χ3n) is 6.59. The van der Waals surface area contributed by atoms with Gasteiger partial charge in [-0.15, -0.1) is 4.91 Å². The number of benzene rings is 4. The van der Waals surface area contributed by atoms with Gasteiger partial charge in [0.1, 0.15) is 5.69 Å². The van der Waals surface area contributed by atoms with Gasteiger partial charge in [0, 0.05) is 22.8 Å². The molecule has 5 aromatic rings. The minimum Gasteiger partial charge on any atom is -0.370 e. The molecule has 6 rings (SSSR count). The predicted octanol–water partition coefficient (Wildman–Crippen LogP) is 7.37. The van der Waals surface area contributed by atoms with E-state index in [-0.39, 0.29) is 0 Å². The summed E-state index contributed by atoms with van der Waals surface area (Å²) >= 11 is 0. The molecule has 0 saturated carbocycles. The Bertz CT molecular complexity index is 1580. The van der Waals surface area contributed by atoms with E-state index in [1.807, 2.05) is 47.5 Å². The zero-order valence-electron chi connectivity index (χ0n) is 19.5. The van der Waals surface area contributed by atoms with E-state index in [0.29, 0.717) is 5.69 Å². The van der Waals surface area contributed by atoms with Crippen molar-refractivity contribution < 1.29 is 5.11 Å². The zero-order valence-corrected chi connectivity index (χ0v) is 19.5. The highest BCUT2D eigenvalue weighted by Gasteiger charge is 2.25. The molecule has 0 bridgehead atoms. The zero-order chi connectivity index (χ0) is 24.5. The Hall–Kier alpha value is -4.61. The van der Waals surface area contributed by atoms with Crippen molar-refractivity contribution >= 4 is 34.0 Å². The van der Waals surface area contributed by atoms with Gasteiger partial charge >= 0.3 is 0 Å². The lowest BCUT2D eigenvalue weighted by Crippen LogP contribution is -2.31. The number of anilines is 2. The van der Waals surface area contributed by atoms with Crippen molar-refractivity contribution in [1.29, 1.82) is 0 Å². The van der Waals surface area contributed by atoms with Crippen LogP contribution >= 0.6 is 0 Å². The summed E-state index contributed by atoms with van der Waals surface area (Å²) in [4.78, 5) is 17.4. The minimum absolute atomic E-state index is 0.397. The van der Waals surface area contributed by atoms with Crippen LogP contribution in [-0.4, -0.2) is 16.3 Å². The van der Waals surface area contributed by atoms with Crippen molar-refractivity contribution in [3.05, 3.63) is 131 Å². The summed E-state index contributed by atoms with van der Waals surface area (Å²) in [5, 5.41) is 15.0. The number of pyridine rings is 1. The summed E-state index contributed by atoms with van der Waals surface area (Å²) in [6, 6.07) is 32.0. The van der Waals surface area contributed by atoms with Crippen molar-refractivity contribution in [3.63, 3.8) is 0 Å². The Labute approximate surface area is 209 Å².